The predicted molar refractivity (Wildman–Crippen MR) is 274 cm³/mol. The van der Waals surface area contributed by atoms with E-state index in [2.05, 4.69) is 252 Å². The average molecular weight is 829 g/mol. The molecule has 0 N–H and O–H groups in total. The van der Waals surface area contributed by atoms with Crippen LogP contribution < -0.4 is 4.90 Å². The number of furan rings is 1. The molecule has 65 heavy (non-hydrogen) atoms. The van der Waals surface area contributed by atoms with Gasteiger partial charge in [0, 0.05) is 44.2 Å². The van der Waals surface area contributed by atoms with Crippen LogP contribution in [-0.2, 0) is 0 Å². The van der Waals surface area contributed by atoms with E-state index in [9.17, 15) is 0 Å². The van der Waals surface area contributed by atoms with Crippen LogP contribution in [0.5, 0.6) is 0 Å². The Bertz CT molecular complexity index is 3870. The van der Waals surface area contributed by atoms with E-state index < -0.39 is 0 Å². The number of aromatic nitrogens is 1. The Balaban J connectivity index is 0.926. The first-order valence-corrected chi connectivity index (χ1v) is 22.2. The number of rotatable bonds is 7. The zero-order valence-electron chi connectivity index (χ0n) is 35.4. The summed E-state index contributed by atoms with van der Waals surface area (Å²) >= 11 is 0. The molecule has 0 aliphatic carbocycles. The monoisotopic (exact) mass is 828 g/mol. The summed E-state index contributed by atoms with van der Waals surface area (Å²) in [4.78, 5) is 2.39. The van der Waals surface area contributed by atoms with Gasteiger partial charge in [0.25, 0.3) is 0 Å². The highest BCUT2D eigenvalue weighted by atomic mass is 16.3. The molecule has 13 aromatic rings. The summed E-state index contributed by atoms with van der Waals surface area (Å²) in [6, 6.07) is 87.8. The average Bonchev–Trinajstić information content (AvgIpc) is 3.91. The van der Waals surface area contributed by atoms with Crippen LogP contribution in [0.2, 0.25) is 0 Å². The van der Waals surface area contributed by atoms with Crippen LogP contribution in [0.4, 0.5) is 17.1 Å². The molecule has 0 saturated heterocycles. The molecule has 0 spiro atoms. The highest BCUT2D eigenvalue weighted by Crippen LogP contribution is 2.44. The second-order valence-electron chi connectivity index (χ2n) is 16.9. The van der Waals surface area contributed by atoms with Gasteiger partial charge in [0.1, 0.15) is 11.2 Å². The van der Waals surface area contributed by atoms with Gasteiger partial charge in [0.15, 0.2) is 0 Å². The molecule has 0 saturated carbocycles. The molecule has 0 bridgehead atoms. The highest BCUT2D eigenvalue weighted by Gasteiger charge is 2.20. The number of fused-ring (bicyclic) bond motifs is 8. The van der Waals surface area contributed by atoms with Crippen LogP contribution in [0.25, 0.3) is 104 Å². The van der Waals surface area contributed by atoms with Gasteiger partial charge in [-0.1, -0.05) is 164 Å². The Labute approximate surface area is 376 Å². The smallest absolute Gasteiger partial charge is 0.136 e. The SMILES string of the molecule is c1ccc(N(c2ccc(-c3ccc(-c4cccc5ccccc45)cc3)cc2)c2ccc(-n3c4ccccc4c4ccccc43)cc2)c(-c2ccc3oc4cc5ccccc5cc4c3c2)c1. The van der Waals surface area contributed by atoms with Gasteiger partial charge in [-0.05, 0) is 128 Å². The van der Waals surface area contributed by atoms with Crippen molar-refractivity contribution in [1.82, 2.24) is 4.57 Å². The number of hydrogen-bond donors (Lipinski definition) is 0. The summed E-state index contributed by atoms with van der Waals surface area (Å²) in [6.45, 7) is 0. The fraction of sp³-hybridized carbons (Fsp3) is 0. The maximum absolute atomic E-state index is 6.44. The molecule has 0 aliphatic rings. The Morgan fingerprint density at radius 2 is 0.815 bits per heavy atom. The fourth-order valence-corrected chi connectivity index (χ4v) is 10.0. The van der Waals surface area contributed by atoms with Crippen molar-refractivity contribution in [3.05, 3.63) is 243 Å². The van der Waals surface area contributed by atoms with E-state index in [1.54, 1.807) is 0 Å². The van der Waals surface area contributed by atoms with E-state index in [1.165, 1.54) is 60.0 Å². The molecule has 0 radical (unpaired) electrons. The van der Waals surface area contributed by atoms with Gasteiger partial charge in [-0.15, -0.1) is 0 Å². The van der Waals surface area contributed by atoms with Crippen molar-refractivity contribution in [3.63, 3.8) is 0 Å². The first kappa shape index (κ1) is 36.9. The molecule has 2 aromatic heterocycles. The third-order valence-electron chi connectivity index (χ3n) is 13.2. The number of hydrogen-bond acceptors (Lipinski definition) is 2. The molecule has 0 amide bonds. The number of para-hydroxylation sites is 3. The van der Waals surface area contributed by atoms with Gasteiger partial charge in [-0.25, -0.2) is 0 Å². The molecular formula is C62H40N2O. The normalized spacial score (nSPS) is 11.7. The molecule has 304 valence electrons. The van der Waals surface area contributed by atoms with Gasteiger partial charge in [-0.2, -0.15) is 0 Å². The van der Waals surface area contributed by atoms with Gasteiger partial charge in [-0.3, -0.25) is 0 Å². The van der Waals surface area contributed by atoms with Gasteiger partial charge >= 0.3 is 0 Å². The largest absolute Gasteiger partial charge is 0.456 e. The van der Waals surface area contributed by atoms with Gasteiger partial charge in [0.2, 0.25) is 0 Å². The van der Waals surface area contributed by atoms with Crippen LogP contribution in [-0.4, -0.2) is 4.57 Å². The number of nitrogens with zero attached hydrogens (tertiary/aromatic N) is 2. The van der Waals surface area contributed by atoms with E-state index in [1.807, 2.05) is 0 Å². The van der Waals surface area contributed by atoms with Crippen molar-refractivity contribution in [2.75, 3.05) is 4.90 Å². The standard InChI is InChI=1S/C62H40N2O/c1-2-14-46-40-62-57(38-45(46)13-1)56-39-47(30-37-61(56)65-62)53-17-5-8-21-58(53)63(49-33-35-50(36-34-49)64-59-22-9-6-18-54(59)55-19-7-10-23-60(55)64)48-31-28-42(29-32-48)41-24-26-44(27-25-41)52-20-11-15-43-12-3-4-16-51(43)52/h1-40H. The van der Waals surface area contributed by atoms with E-state index in [0.29, 0.717) is 0 Å². The maximum Gasteiger partial charge on any atom is 0.136 e. The van der Waals surface area contributed by atoms with Gasteiger partial charge in [0.05, 0.1) is 16.7 Å². The topological polar surface area (TPSA) is 21.3 Å². The Morgan fingerprint density at radius 1 is 0.308 bits per heavy atom. The Morgan fingerprint density at radius 3 is 1.54 bits per heavy atom. The molecule has 0 fully saturated rings. The van der Waals surface area contributed by atoms with Crippen molar-refractivity contribution < 1.29 is 4.42 Å². The lowest BCUT2D eigenvalue weighted by Crippen LogP contribution is -2.11. The quantitative estimate of drug-likeness (QED) is 0.160. The minimum absolute atomic E-state index is 0.884. The van der Waals surface area contributed by atoms with Crippen LogP contribution >= 0.6 is 0 Å². The lowest BCUT2D eigenvalue weighted by atomic mass is 9.96. The van der Waals surface area contributed by atoms with E-state index in [4.69, 9.17) is 4.42 Å². The highest BCUT2D eigenvalue weighted by molar-refractivity contribution is 6.12. The molecule has 0 atom stereocenters. The van der Waals surface area contributed by atoms with Crippen LogP contribution in [0.15, 0.2) is 247 Å². The number of benzene rings is 11. The number of anilines is 3. The second-order valence-corrected chi connectivity index (χ2v) is 16.9. The van der Waals surface area contributed by atoms with Crippen molar-refractivity contribution in [2.45, 2.75) is 0 Å². The minimum atomic E-state index is 0.884. The zero-order chi connectivity index (χ0) is 42.8. The lowest BCUT2D eigenvalue weighted by Gasteiger charge is -2.28. The summed E-state index contributed by atoms with van der Waals surface area (Å²) in [7, 11) is 0. The molecule has 0 aliphatic heterocycles. The van der Waals surface area contributed by atoms with E-state index in [-0.39, 0.29) is 0 Å². The minimum Gasteiger partial charge on any atom is -0.456 e. The molecule has 0 unspecified atom stereocenters. The fourth-order valence-electron chi connectivity index (χ4n) is 10.0. The molecule has 3 heteroatoms. The summed E-state index contributed by atoms with van der Waals surface area (Å²) in [6.07, 6.45) is 0. The first-order chi connectivity index (χ1) is 32.2. The van der Waals surface area contributed by atoms with Crippen LogP contribution in [0.3, 0.4) is 0 Å². The van der Waals surface area contributed by atoms with Crippen LogP contribution in [0, 0.1) is 0 Å². The second kappa shape index (κ2) is 15.0. The Hall–Kier alpha value is -8.66. The zero-order valence-corrected chi connectivity index (χ0v) is 35.4. The summed E-state index contributed by atoms with van der Waals surface area (Å²) < 4.78 is 8.82. The van der Waals surface area contributed by atoms with Crippen molar-refractivity contribution in [1.29, 1.82) is 0 Å². The lowest BCUT2D eigenvalue weighted by molar-refractivity contribution is 0.669. The van der Waals surface area contributed by atoms with Crippen LogP contribution in [0.1, 0.15) is 0 Å². The molecule has 13 rings (SSSR count). The Kier molecular flexibility index (Phi) is 8.53. The summed E-state index contributed by atoms with van der Waals surface area (Å²) in [5.41, 5.74) is 15.6. The third kappa shape index (κ3) is 6.20. The van der Waals surface area contributed by atoms with Crippen molar-refractivity contribution in [2.24, 2.45) is 0 Å². The van der Waals surface area contributed by atoms with Crippen molar-refractivity contribution in [3.8, 4) is 39.1 Å². The maximum atomic E-state index is 6.44. The molecule has 11 aromatic carbocycles. The predicted octanol–water partition coefficient (Wildman–Crippen LogP) is 17.5. The molecule has 2 heterocycles. The van der Waals surface area contributed by atoms with Gasteiger partial charge < -0.3 is 13.9 Å². The molecule has 3 nitrogen and oxygen atoms in total. The first-order valence-electron chi connectivity index (χ1n) is 22.2. The third-order valence-corrected chi connectivity index (χ3v) is 13.2. The van der Waals surface area contributed by atoms with E-state index >= 15 is 0 Å². The summed E-state index contributed by atoms with van der Waals surface area (Å²) in [5.74, 6) is 0. The van der Waals surface area contributed by atoms with Crippen molar-refractivity contribution >= 4 is 82.4 Å². The summed E-state index contributed by atoms with van der Waals surface area (Å²) in [5, 5.41) is 9.63. The molecular weight excluding hydrogens is 789 g/mol. The van der Waals surface area contributed by atoms with E-state index in [0.717, 1.165) is 61.4 Å².